The van der Waals surface area contributed by atoms with Crippen LogP contribution in [0.1, 0.15) is 12.8 Å². The fourth-order valence-corrected chi connectivity index (χ4v) is 3.05. The van der Waals surface area contributed by atoms with Gasteiger partial charge in [-0.1, -0.05) is 15.9 Å². The van der Waals surface area contributed by atoms with Gasteiger partial charge in [0.1, 0.15) is 5.82 Å². The number of halogens is 2. The Morgan fingerprint density at radius 2 is 1.96 bits per heavy atom. The first kappa shape index (κ1) is 19.8. The molecule has 0 radical (unpaired) electrons. The Hall–Kier alpha value is -1.51. The predicted molar refractivity (Wildman–Crippen MR) is 96.9 cm³/mol. The standard InChI is InChI=1S/C17H23BrFN3O3/c1-25-17(24)12-22-7-2-6-21(9-10-22)8-5-16(23)20-15-4-3-13(18)11-14(15)19/h3-4,11H,2,5-10,12H2,1H3,(H,20,23). The smallest absolute Gasteiger partial charge is 0.319 e. The third kappa shape index (κ3) is 6.72. The molecule has 1 N–H and O–H groups in total. The molecule has 138 valence electrons. The average molecular weight is 416 g/mol. The van der Waals surface area contributed by atoms with Crippen LogP contribution in [0.2, 0.25) is 0 Å². The molecule has 1 heterocycles. The maximum atomic E-state index is 13.7. The second kappa shape index (κ2) is 9.84. The van der Waals surface area contributed by atoms with Gasteiger partial charge in [0.25, 0.3) is 0 Å². The summed E-state index contributed by atoms with van der Waals surface area (Å²) in [6, 6.07) is 4.54. The molecule has 1 aliphatic rings. The number of anilines is 1. The molecule has 0 bridgehead atoms. The van der Waals surface area contributed by atoms with Gasteiger partial charge < -0.3 is 15.0 Å². The topological polar surface area (TPSA) is 61.9 Å². The molecule has 1 aromatic carbocycles. The summed E-state index contributed by atoms with van der Waals surface area (Å²) in [6.07, 6.45) is 1.23. The lowest BCUT2D eigenvalue weighted by Gasteiger charge is -2.20. The molecule has 0 aliphatic carbocycles. The van der Waals surface area contributed by atoms with Gasteiger partial charge in [-0.3, -0.25) is 14.5 Å². The molecule has 1 saturated heterocycles. The Balaban J connectivity index is 1.75. The Morgan fingerprint density at radius 3 is 2.68 bits per heavy atom. The number of methoxy groups -OCH3 is 1. The van der Waals surface area contributed by atoms with Crippen molar-refractivity contribution >= 4 is 33.5 Å². The van der Waals surface area contributed by atoms with E-state index in [-0.39, 0.29) is 17.6 Å². The minimum absolute atomic E-state index is 0.188. The molecular weight excluding hydrogens is 393 g/mol. The molecule has 0 aromatic heterocycles. The van der Waals surface area contributed by atoms with Crippen molar-refractivity contribution in [3.8, 4) is 0 Å². The Labute approximate surface area is 155 Å². The third-order valence-corrected chi connectivity index (χ3v) is 4.62. The second-order valence-electron chi connectivity index (χ2n) is 5.97. The minimum Gasteiger partial charge on any atom is -0.468 e. The van der Waals surface area contributed by atoms with Gasteiger partial charge in [-0.25, -0.2) is 4.39 Å². The third-order valence-electron chi connectivity index (χ3n) is 4.12. The van der Waals surface area contributed by atoms with Crippen LogP contribution in [0.3, 0.4) is 0 Å². The highest BCUT2D eigenvalue weighted by atomic mass is 79.9. The minimum atomic E-state index is -0.462. The maximum absolute atomic E-state index is 13.7. The van der Waals surface area contributed by atoms with Crippen molar-refractivity contribution in [1.29, 1.82) is 0 Å². The molecule has 0 saturated carbocycles. The van der Waals surface area contributed by atoms with E-state index in [0.717, 1.165) is 32.6 Å². The number of hydrogen-bond acceptors (Lipinski definition) is 5. The van der Waals surface area contributed by atoms with Crippen LogP contribution in [0, 0.1) is 5.82 Å². The summed E-state index contributed by atoms with van der Waals surface area (Å²) < 4.78 is 19.1. The largest absolute Gasteiger partial charge is 0.468 e. The lowest BCUT2D eigenvalue weighted by molar-refractivity contribution is -0.141. The van der Waals surface area contributed by atoms with Gasteiger partial charge in [0.2, 0.25) is 5.91 Å². The fraction of sp³-hybridized carbons (Fsp3) is 0.529. The van der Waals surface area contributed by atoms with Crippen molar-refractivity contribution in [2.45, 2.75) is 12.8 Å². The van der Waals surface area contributed by atoms with E-state index in [9.17, 15) is 14.0 Å². The summed E-state index contributed by atoms with van der Waals surface area (Å²) in [7, 11) is 1.39. The average Bonchev–Trinajstić information content (AvgIpc) is 2.80. The molecule has 0 spiro atoms. The highest BCUT2D eigenvalue weighted by Crippen LogP contribution is 2.19. The number of amides is 1. The number of nitrogens with one attached hydrogen (secondary N) is 1. The molecule has 2 rings (SSSR count). The van der Waals surface area contributed by atoms with E-state index < -0.39 is 5.82 Å². The number of benzene rings is 1. The number of carbonyl (C=O) groups is 2. The number of carbonyl (C=O) groups excluding carboxylic acids is 2. The summed E-state index contributed by atoms with van der Waals surface area (Å²) in [5.74, 6) is -0.905. The van der Waals surface area contributed by atoms with E-state index >= 15 is 0 Å². The van der Waals surface area contributed by atoms with Crippen molar-refractivity contribution in [3.05, 3.63) is 28.5 Å². The van der Waals surface area contributed by atoms with Crippen molar-refractivity contribution in [1.82, 2.24) is 9.80 Å². The fourth-order valence-electron chi connectivity index (χ4n) is 2.72. The molecule has 0 atom stereocenters. The molecule has 8 heteroatoms. The van der Waals surface area contributed by atoms with Gasteiger partial charge in [-0.2, -0.15) is 0 Å². The van der Waals surface area contributed by atoms with Crippen LogP contribution in [-0.2, 0) is 14.3 Å². The van der Waals surface area contributed by atoms with Gasteiger partial charge in [-0.05, 0) is 31.2 Å². The normalized spacial score (nSPS) is 16.3. The monoisotopic (exact) mass is 415 g/mol. The van der Waals surface area contributed by atoms with Crippen LogP contribution in [0.25, 0.3) is 0 Å². The van der Waals surface area contributed by atoms with Crippen molar-refractivity contribution in [2.75, 3.05) is 51.7 Å². The zero-order valence-corrected chi connectivity index (χ0v) is 15.9. The first-order valence-electron chi connectivity index (χ1n) is 8.24. The summed E-state index contributed by atoms with van der Waals surface area (Å²) in [5, 5.41) is 2.60. The molecule has 25 heavy (non-hydrogen) atoms. The highest BCUT2D eigenvalue weighted by Gasteiger charge is 2.18. The van der Waals surface area contributed by atoms with E-state index in [4.69, 9.17) is 4.74 Å². The first-order valence-corrected chi connectivity index (χ1v) is 9.03. The van der Waals surface area contributed by atoms with E-state index in [0.29, 0.717) is 24.0 Å². The van der Waals surface area contributed by atoms with Gasteiger partial charge in [0.05, 0.1) is 19.3 Å². The van der Waals surface area contributed by atoms with Crippen molar-refractivity contribution in [2.24, 2.45) is 0 Å². The first-order chi connectivity index (χ1) is 12.0. The van der Waals surface area contributed by atoms with E-state index in [2.05, 4.69) is 31.0 Å². The van der Waals surface area contributed by atoms with Gasteiger partial charge in [-0.15, -0.1) is 0 Å². The molecular formula is C17H23BrFN3O3. The molecule has 1 amide bonds. The Bertz CT molecular complexity index is 615. The van der Waals surface area contributed by atoms with Crippen molar-refractivity contribution in [3.63, 3.8) is 0 Å². The summed E-state index contributed by atoms with van der Waals surface area (Å²) in [5.41, 5.74) is 0.188. The molecule has 1 fully saturated rings. The number of hydrogen-bond donors (Lipinski definition) is 1. The number of rotatable bonds is 6. The van der Waals surface area contributed by atoms with Crippen LogP contribution < -0.4 is 5.32 Å². The quantitative estimate of drug-likeness (QED) is 0.720. The molecule has 1 aliphatic heterocycles. The maximum Gasteiger partial charge on any atom is 0.319 e. The summed E-state index contributed by atoms with van der Waals surface area (Å²) in [4.78, 5) is 27.6. The second-order valence-corrected chi connectivity index (χ2v) is 6.89. The van der Waals surface area contributed by atoms with Crippen LogP contribution in [-0.4, -0.2) is 68.1 Å². The predicted octanol–water partition coefficient (Wildman–Crippen LogP) is 2.10. The van der Waals surface area contributed by atoms with Crippen LogP contribution in [0.5, 0.6) is 0 Å². The van der Waals surface area contributed by atoms with E-state index in [1.54, 1.807) is 6.07 Å². The Morgan fingerprint density at radius 1 is 1.24 bits per heavy atom. The summed E-state index contributed by atoms with van der Waals surface area (Å²) >= 11 is 3.18. The Kier molecular flexibility index (Phi) is 7.80. The lowest BCUT2D eigenvalue weighted by atomic mass is 10.3. The highest BCUT2D eigenvalue weighted by molar-refractivity contribution is 9.10. The number of ether oxygens (including phenoxy) is 1. The molecule has 0 unspecified atom stereocenters. The summed E-state index contributed by atoms with van der Waals surface area (Å²) in [6.45, 7) is 4.16. The molecule has 6 nitrogen and oxygen atoms in total. The molecule has 1 aromatic rings. The van der Waals surface area contributed by atoms with E-state index in [1.807, 2.05) is 0 Å². The number of esters is 1. The van der Waals surface area contributed by atoms with Crippen molar-refractivity contribution < 1.29 is 18.7 Å². The van der Waals surface area contributed by atoms with Crippen LogP contribution in [0.15, 0.2) is 22.7 Å². The van der Waals surface area contributed by atoms with Gasteiger partial charge >= 0.3 is 5.97 Å². The van der Waals surface area contributed by atoms with Crippen LogP contribution >= 0.6 is 15.9 Å². The lowest BCUT2D eigenvalue weighted by Crippen LogP contribution is -2.35. The van der Waals surface area contributed by atoms with E-state index in [1.165, 1.54) is 19.2 Å². The van der Waals surface area contributed by atoms with Crippen LogP contribution in [0.4, 0.5) is 10.1 Å². The number of nitrogens with zero attached hydrogens (tertiary/aromatic N) is 2. The SMILES string of the molecule is COC(=O)CN1CCCN(CCC(=O)Nc2ccc(Br)cc2F)CC1. The zero-order valence-electron chi connectivity index (χ0n) is 14.3. The van der Waals surface area contributed by atoms with Gasteiger partial charge in [0, 0.05) is 37.1 Å². The van der Waals surface area contributed by atoms with Gasteiger partial charge in [0.15, 0.2) is 0 Å². The zero-order chi connectivity index (χ0) is 18.2.